The summed E-state index contributed by atoms with van der Waals surface area (Å²) >= 11 is 0.987. The average Bonchev–Trinajstić information content (AvgIpc) is 2.27. The fraction of sp³-hybridized carbons (Fsp3) is 0.875. The predicted molar refractivity (Wildman–Crippen MR) is 50.6 cm³/mol. The molecular formula is C8H12F3NOS. The van der Waals surface area contributed by atoms with Gasteiger partial charge in [-0.25, -0.2) is 0 Å². The van der Waals surface area contributed by atoms with E-state index in [1.165, 1.54) is 20.8 Å². The number of rotatable bonds is 1. The normalized spacial score (nSPS) is 29.2. The monoisotopic (exact) mass is 227 g/mol. The molecule has 0 aromatic heterocycles. The number of halogens is 3. The standard InChI is InChI=1S/C8H12F3NOS/c1-4-12-5(8(9,10)11)6(14-4)7(2,3)13/h5-6,13H,1-3H3. The number of thioether (sulfide) groups is 1. The van der Waals surface area contributed by atoms with E-state index in [-0.39, 0.29) is 0 Å². The minimum Gasteiger partial charge on any atom is -0.389 e. The fourth-order valence-corrected chi connectivity index (χ4v) is 2.49. The lowest BCUT2D eigenvalue weighted by Gasteiger charge is -2.29. The van der Waals surface area contributed by atoms with Crippen molar-refractivity contribution in [2.24, 2.45) is 4.99 Å². The molecule has 0 radical (unpaired) electrons. The van der Waals surface area contributed by atoms with Crippen LogP contribution in [0.3, 0.4) is 0 Å². The molecule has 1 rings (SSSR count). The van der Waals surface area contributed by atoms with Gasteiger partial charge in [-0.05, 0) is 20.8 Å². The van der Waals surface area contributed by atoms with Crippen molar-refractivity contribution in [3.8, 4) is 0 Å². The minimum atomic E-state index is -4.38. The Labute approximate surface area is 84.6 Å². The second-order valence-corrected chi connectivity index (χ2v) is 5.16. The summed E-state index contributed by atoms with van der Waals surface area (Å²) in [7, 11) is 0. The Hall–Kier alpha value is -0.230. The lowest BCUT2D eigenvalue weighted by atomic mass is 9.98. The zero-order chi connectivity index (χ0) is 11.1. The van der Waals surface area contributed by atoms with Gasteiger partial charge in [0.25, 0.3) is 0 Å². The Morgan fingerprint density at radius 2 is 1.86 bits per heavy atom. The molecule has 0 aliphatic carbocycles. The average molecular weight is 227 g/mol. The highest BCUT2D eigenvalue weighted by atomic mass is 32.2. The highest BCUT2D eigenvalue weighted by Gasteiger charge is 2.52. The second-order valence-electron chi connectivity index (χ2n) is 3.83. The molecule has 0 fully saturated rings. The molecule has 1 N–H and O–H groups in total. The largest absolute Gasteiger partial charge is 0.411 e. The zero-order valence-corrected chi connectivity index (χ0v) is 8.91. The molecule has 0 saturated carbocycles. The van der Waals surface area contributed by atoms with Crippen LogP contribution in [0.2, 0.25) is 0 Å². The molecule has 1 aliphatic heterocycles. The van der Waals surface area contributed by atoms with Gasteiger partial charge in [0.2, 0.25) is 0 Å². The summed E-state index contributed by atoms with van der Waals surface area (Å²) in [6.45, 7) is 4.27. The Morgan fingerprint density at radius 3 is 2.14 bits per heavy atom. The molecule has 0 spiro atoms. The highest BCUT2D eigenvalue weighted by molar-refractivity contribution is 8.14. The minimum absolute atomic E-state index is 0.374. The van der Waals surface area contributed by atoms with Crippen molar-refractivity contribution in [3.05, 3.63) is 0 Å². The number of alkyl halides is 3. The van der Waals surface area contributed by atoms with E-state index in [0.717, 1.165) is 11.8 Å². The number of aliphatic hydroxyl groups is 1. The number of hydrogen-bond acceptors (Lipinski definition) is 3. The summed E-state index contributed by atoms with van der Waals surface area (Å²) in [5.41, 5.74) is -1.38. The van der Waals surface area contributed by atoms with Crippen LogP contribution < -0.4 is 0 Å². The van der Waals surface area contributed by atoms with Crippen molar-refractivity contribution in [2.75, 3.05) is 0 Å². The molecule has 0 aromatic rings. The molecule has 1 aliphatic rings. The second kappa shape index (κ2) is 3.41. The van der Waals surface area contributed by atoms with E-state index in [1.807, 2.05) is 0 Å². The van der Waals surface area contributed by atoms with Crippen molar-refractivity contribution < 1.29 is 18.3 Å². The predicted octanol–water partition coefficient (Wildman–Crippen LogP) is 2.22. The van der Waals surface area contributed by atoms with Gasteiger partial charge < -0.3 is 5.11 Å². The summed E-state index contributed by atoms with van der Waals surface area (Å²) in [4.78, 5) is 3.50. The van der Waals surface area contributed by atoms with Crippen LogP contribution in [-0.4, -0.2) is 33.2 Å². The van der Waals surface area contributed by atoms with Gasteiger partial charge in [0, 0.05) is 0 Å². The molecule has 2 nitrogen and oxygen atoms in total. The molecule has 82 valence electrons. The van der Waals surface area contributed by atoms with E-state index in [0.29, 0.717) is 5.04 Å². The van der Waals surface area contributed by atoms with Gasteiger partial charge >= 0.3 is 6.18 Å². The fourth-order valence-electron chi connectivity index (χ4n) is 1.32. The van der Waals surface area contributed by atoms with E-state index in [1.54, 1.807) is 0 Å². The van der Waals surface area contributed by atoms with Crippen LogP contribution in [0, 0.1) is 0 Å². The molecule has 0 amide bonds. The van der Waals surface area contributed by atoms with Gasteiger partial charge in [-0.3, -0.25) is 4.99 Å². The van der Waals surface area contributed by atoms with Gasteiger partial charge in [-0.2, -0.15) is 13.2 Å². The molecule has 2 atom stereocenters. The highest BCUT2D eigenvalue weighted by Crippen LogP contribution is 2.41. The van der Waals surface area contributed by atoms with Crippen LogP contribution in [0.5, 0.6) is 0 Å². The quantitative estimate of drug-likeness (QED) is 0.745. The topological polar surface area (TPSA) is 32.6 Å². The van der Waals surface area contributed by atoms with Crippen molar-refractivity contribution in [1.82, 2.24) is 0 Å². The summed E-state index contributed by atoms with van der Waals surface area (Å²) in [5.74, 6) is 0. The maximum absolute atomic E-state index is 12.5. The van der Waals surface area contributed by atoms with Gasteiger partial charge in [0.05, 0.1) is 15.9 Å². The summed E-state index contributed by atoms with van der Waals surface area (Å²) < 4.78 is 37.4. The van der Waals surface area contributed by atoms with Crippen LogP contribution >= 0.6 is 11.8 Å². The van der Waals surface area contributed by atoms with Gasteiger partial charge in [0.15, 0.2) is 6.04 Å². The molecule has 2 unspecified atom stereocenters. The van der Waals surface area contributed by atoms with Crippen LogP contribution in [0.15, 0.2) is 4.99 Å². The maximum atomic E-state index is 12.5. The molecular weight excluding hydrogens is 215 g/mol. The number of nitrogens with zero attached hydrogens (tertiary/aromatic N) is 1. The van der Waals surface area contributed by atoms with Crippen molar-refractivity contribution in [1.29, 1.82) is 0 Å². The summed E-state index contributed by atoms with van der Waals surface area (Å²) in [6.07, 6.45) is -4.38. The lowest BCUT2D eigenvalue weighted by Crippen LogP contribution is -2.46. The molecule has 1 heterocycles. The Bertz CT molecular complexity index is 256. The maximum Gasteiger partial charge on any atom is 0.411 e. The summed E-state index contributed by atoms with van der Waals surface area (Å²) in [5, 5.41) is 9.01. The Balaban J connectivity index is 2.91. The lowest BCUT2D eigenvalue weighted by molar-refractivity contribution is -0.154. The van der Waals surface area contributed by atoms with Crippen LogP contribution in [0.4, 0.5) is 13.2 Å². The van der Waals surface area contributed by atoms with E-state index in [9.17, 15) is 18.3 Å². The molecule has 6 heteroatoms. The van der Waals surface area contributed by atoms with Gasteiger partial charge in [-0.1, -0.05) is 0 Å². The first-order valence-electron chi connectivity index (χ1n) is 4.12. The third-order valence-corrected chi connectivity index (χ3v) is 3.47. The molecule has 0 aromatic carbocycles. The molecule has 14 heavy (non-hydrogen) atoms. The number of aliphatic imine (C=N–C) groups is 1. The van der Waals surface area contributed by atoms with Crippen molar-refractivity contribution in [2.45, 2.75) is 43.8 Å². The van der Waals surface area contributed by atoms with E-state index < -0.39 is 23.1 Å². The van der Waals surface area contributed by atoms with E-state index in [4.69, 9.17) is 0 Å². The van der Waals surface area contributed by atoms with E-state index in [2.05, 4.69) is 4.99 Å². The number of hydrogen-bond donors (Lipinski definition) is 1. The van der Waals surface area contributed by atoms with Crippen LogP contribution in [0.1, 0.15) is 20.8 Å². The first kappa shape index (κ1) is 11.8. The molecule has 0 saturated heterocycles. The van der Waals surface area contributed by atoms with Crippen molar-refractivity contribution >= 4 is 16.8 Å². The molecule has 0 bridgehead atoms. The third kappa shape index (κ3) is 2.42. The first-order valence-corrected chi connectivity index (χ1v) is 5.00. The van der Waals surface area contributed by atoms with Crippen LogP contribution in [-0.2, 0) is 0 Å². The smallest absolute Gasteiger partial charge is 0.389 e. The van der Waals surface area contributed by atoms with Crippen LogP contribution in [0.25, 0.3) is 0 Å². The SMILES string of the molecule is CC1=NC(C(F)(F)F)C(C(C)(C)O)S1. The van der Waals surface area contributed by atoms with Crippen molar-refractivity contribution in [3.63, 3.8) is 0 Å². The Kier molecular flexibility index (Phi) is 2.89. The summed E-state index contributed by atoms with van der Waals surface area (Å²) in [6, 6.07) is -1.78. The van der Waals surface area contributed by atoms with Gasteiger partial charge in [0.1, 0.15) is 0 Å². The van der Waals surface area contributed by atoms with E-state index >= 15 is 0 Å². The first-order chi connectivity index (χ1) is 6.12. The van der Waals surface area contributed by atoms with Gasteiger partial charge in [-0.15, -0.1) is 11.8 Å². The Morgan fingerprint density at radius 1 is 1.36 bits per heavy atom. The zero-order valence-electron chi connectivity index (χ0n) is 8.09. The third-order valence-electron chi connectivity index (χ3n) is 1.94.